The van der Waals surface area contributed by atoms with Crippen molar-refractivity contribution >= 4 is 5.71 Å². The molecule has 1 aliphatic heterocycles. The van der Waals surface area contributed by atoms with E-state index in [1.165, 1.54) is 0 Å². The Hall–Kier alpha value is -2.53. The molecule has 0 saturated carbocycles. The molecule has 5 nitrogen and oxygen atoms in total. The summed E-state index contributed by atoms with van der Waals surface area (Å²) in [6, 6.07) is 14.1. The number of β-amino-alcohol motifs (C(OH)–C–C–N with tert-alkyl or cyclic N) is 1. The number of rotatable bonds is 6. The Balaban J connectivity index is 1.93. The number of para-hydroxylation sites is 1. The van der Waals surface area contributed by atoms with Gasteiger partial charge in [-0.1, -0.05) is 18.2 Å². The monoisotopic (exact) mass is 340 g/mol. The van der Waals surface area contributed by atoms with Gasteiger partial charge in [-0.3, -0.25) is 5.01 Å². The first-order chi connectivity index (χ1) is 12.2. The lowest BCUT2D eigenvalue weighted by Gasteiger charge is -2.24. The van der Waals surface area contributed by atoms with Gasteiger partial charge in [0.15, 0.2) is 0 Å². The highest BCUT2D eigenvalue weighted by Crippen LogP contribution is 2.37. The molecule has 0 fully saturated rings. The van der Waals surface area contributed by atoms with Gasteiger partial charge < -0.3 is 14.6 Å². The highest BCUT2D eigenvalue weighted by atomic mass is 16.5. The summed E-state index contributed by atoms with van der Waals surface area (Å²) in [4.78, 5) is 0. The average Bonchev–Trinajstić information content (AvgIpc) is 3.05. The Labute approximate surface area is 148 Å². The average molecular weight is 340 g/mol. The minimum atomic E-state index is 0.0562. The topological polar surface area (TPSA) is 54.3 Å². The molecule has 132 valence electrons. The number of nitrogens with zero attached hydrogens (tertiary/aromatic N) is 2. The van der Waals surface area contributed by atoms with Crippen molar-refractivity contribution in [1.29, 1.82) is 0 Å². The fraction of sp³-hybridized carbons (Fsp3) is 0.350. The second-order valence-corrected chi connectivity index (χ2v) is 6.08. The lowest BCUT2D eigenvalue weighted by molar-refractivity contribution is 0.170. The van der Waals surface area contributed by atoms with E-state index in [-0.39, 0.29) is 12.6 Å². The van der Waals surface area contributed by atoms with E-state index in [9.17, 15) is 5.11 Å². The summed E-state index contributed by atoms with van der Waals surface area (Å²) >= 11 is 0. The Morgan fingerprint density at radius 2 is 1.88 bits per heavy atom. The van der Waals surface area contributed by atoms with Gasteiger partial charge in [-0.05, 0) is 42.3 Å². The molecule has 25 heavy (non-hydrogen) atoms. The Morgan fingerprint density at radius 3 is 2.56 bits per heavy atom. The molecule has 0 amide bonds. The van der Waals surface area contributed by atoms with Crippen molar-refractivity contribution in [3.05, 3.63) is 59.2 Å². The molecular weight excluding hydrogens is 316 g/mol. The number of hydrogen-bond donors (Lipinski definition) is 1. The van der Waals surface area contributed by atoms with Crippen LogP contribution in [0.1, 0.15) is 29.2 Å². The fourth-order valence-electron chi connectivity index (χ4n) is 3.31. The molecule has 1 N–H and O–H groups in total. The number of aliphatic hydroxyl groups is 1. The summed E-state index contributed by atoms with van der Waals surface area (Å²) in [5.41, 5.74) is 4.26. The number of ether oxygens (including phenoxy) is 2. The maximum Gasteiger partial charge on any atom is 0.124 e. The maximum atomic E-state index is 9.43. The summed E-state index contributed by atoms with van der Waals surface area (Å²) in [7, 11) is 3.36. The summed E-state index contributed by atoms with van der Waals surface area (Å²) in [5, 5.41) is 16.2. The number of hydrogen-bond acceptors (Lipinski definition) is 5. The van der Waals surface area contributed by atoms with Gasteiger partial charge in [-0.25, -0.2) is 0 Å². The molecule has 0 radical (unpaired) electrons. The standard InChI is InChI=1S/C20H24N2O3/c1-14-12-15(8-9-19(14)24-2)17-13-18(22(21-17)10-11-23)16-6-4-5-7-20(16)25-3/h4-9,12,18,23H,10-11,13H2,1-3H3. The van der Waals surface area contributed by atoms with Gasteiger partial charge in [0.2, 0.25) is 0 Å². The molecule has 1 unspecified atom stereocenters. The SMILES string of the molecule is COc1ccc(C2=NN(CCO)C(c3ccccc3OC)C2)cc1C. The van der Waals surface area contributed by atoms with Crippen LogP contribution < -0.4 is 9.47 Å². The predicted octanol–water partition coefficient (Wildman–Crippen LogP) is 3.16. The van der Waals surface area contributed by atoms with Crippen LogP contribution in [-0.2, 0) is 0 Å². The molecule has 0 aliphatic carbocycles. The Morgan fingerprint density at radius 1 is 1.12 bits per heavy atom. The van der Waals surface area contributed by atoms with Crippen LogP contribution in [0.25, 0.3) is 0 Å². The second kappa shape index (κ2) is 7.57. The molecule has 2 aromatic carbocycles. The van der Waals surface area contributed by atoms with Crippen LogP contribution >= 0.6 is 0 Å². The summed E-state index contributed by atoms with van der Waals surface area (Å²) in [6.07, 6.45) is 0.770. The Kier molecular flexibility index (Phi) is 5.24. The number of hydrazone groups is 1. The fourth-order valence-corrected chi connectivity index (χ4v) is 3.31. The normalized spacial score (nSPS) is 16.7. The molecule has 0 bridgehead atoms. The van der Waals surface area contributed by atoms with Crippen molar-refractivity contribution in [3.8, 4) is 11.5 Å². The van der Waals surface area contributed by atoms with Crippen molar-refractivity contribution in [2.45, 2.75) is 19.4 Å². The van der Waals surface area contributed by atoms with Crippen molar-refractivity contribution in [1.82, 2.24) is 5.01 Å². The summed E-state index contributed by atoms with van der Waals surface area (Å²) in [5.74, 6) is 1.72. The molecule has 5 heteroatoms. The third kappa shape index (κ3) is 3.46. The quantitative estimate of drug-likeness (QED) is 0.878. The largest absolute Gasteiger partial charge is 0.496 e. The van der Waals surface area contributed by atoms with Crippen LogP contribution in [-0.4, -0.2) is 43.2 Å². The van der Waals surface area contributed by atoms with Crippen LogP contribution in [0.3, 0.4) is 0 Å². The van der Waals surface area contributed by atoms with Crippen LogP contribution in [0.15, 0.2) is 47.6 Å². The van der Waals surface area contributed by atoms with Crippen LogP contribution in [0.2, 0.25) is 0 Å². The van der Waals surface area contributed by atoms with Gasteiger partial charge >= 0.3 is 0 Å². The van der Waals surface area contributed by atoms with Crippen LogP contribution in [0.4, 0.5) is 0 Å². The summed E-state index contributed by atoms with van der Waals surface area (Å²) < 4.78 is 10.9. The number of benzene rings is 2. The number of aryl methyl sites for hydroxylation is 1. The zero-order valence-electron chi connectivity index (χ0n) is 14.9. The predicted molar refractivity (Wildman–Crippen MR) is 98.4 cm³/mol. The van der Waals surface area contributed by atoms with Gasteiger partial charge in [-0.2, -0.15) is 5.10 Å². The van der Waals surface area contributed by atoms with Gasteiger partial charge in [0, 0.05) is 12.0 Å². The molecule has 3 rings (SSSR count). The highest BCUT2D eigenvalue weighted by molar-refractivity contribution is 6.02. The van der Waals surface area contributed by atoms with E-state index in [0.29, 0.717) is 6.54 Å². The zero-order chi connectivity index (χ0) is 17.8. The first-order valence-corrected chi connectivity index (χ1v) is 8.40. The van der Waals surface area contributed by atoms with Crippen molar-refractivity contribution in [3.63, 3.8) is 0 Å². The van der Waals surface area contributed by atoms with Crippen LogP contribution in [0.5, 0.6) is 11.5 Å². The van der Waals surface area contributed by atoms with E-state index in [0.717, 1.165) is 40.3 Å². The molecule has 1 atom stereocenters. The second-order valence-electron chi connectivity index (χ2n) is 6.08. The van der Waals surface area contributed by atoms with Crippen molar-refractivity contribution in [2.24, 2.45) is 5.10 Å². The minimum absolute atomic E-state index is 0.0562. The maximum absolute atomic E-state index is 9.43. The number of aliphatic hydroxyl groups excluding tert-OH is 1. The van der Waals surface area contributed by atoms with E-state index >= 15 is 0 Å². The zero-order valence-corrected chi connectivity index (χ0v) is 14.9. The molecule has 1 aliphatic rings. The third-order valence-corrected chi connectivity index (χ3v) is 4.55. The van der Waals surface area contributed by atoms with E-state index in [1.807, 2.05) is 42.3 Å². The van der Waals surface area contributed by atoms with Crippen LogP contribution in [0, 0.1) is 6.92 Å². The molecular formula is C20H24N2O3. The van der Waals surface area contributed by atoms with E-state index in [4.69, 9.17) is 14.6 Å². The summed E-state index contributed by atoms with van der Waals surface area (Å²) in [6.45, 7) is 2.58. The molecule has 0 aromatic heterocycles. The molecule has 0 spiro atoms. The minimum Gasteiger partial charge on any atom is -0.496 e. The molecule has 1 heterocycles. The van der Waals surface area contributed by atoms with Gasteiger partial charge in [-0.15, -0.1) is 0 Å². The lowest BCUT2D eigenvalue weighted by Crippen LogP contribution is -2.23. The van der Waals surface area contributed by atoms with E-state index in [2.05, 4.69) is 12.1 Å². The first-order valence-electron chi connectivity index (χ1n) is 8.40. The van der Waals surface area contributed by atoms with Crippen molar-refractivity contribution in [2.75, 3.05) is 27.4 Å². The van der Waals surface area contributed by atoms with E-state index in [1.54, 1.807) is 14.2 Å². The highest BCUT2D eigenvalue weighted by Gasteiger charge is 2.30. The van der Waals surface area contributed by atoms with Gasteiger partial charge in [0.05, 0.1) is 39.1 Å². The third-order valence-electron chi connectivity index (χ3n) is 4.55. The molecule has 0 saturated heterocycles. The first kappa shape index (κ1) is 17.3. The number of methoxy groups -OCH3 is 2. The Bertz CT molecular complexity index is 773. The van der Waals surface area contributed by atoms with Gasteiger partial charge in [0.25, 0.3) is 0 Å². The molecule has 2 aromatic rings. The smallest absolute Gasteiger partial charge is 0.124 e. The van der Waals surface area contributed by atoms with E-state index < -0.39 is 0 Å². The van der Waals surface area contributed by atoms with Crippen molar-refractivity contribution < 1.29 is 14.6 Å². The lowest BCUT2D eigenvalue weighted by atomic mass is 9.97. The van der Waals surface area contributed by atoms with Gasteiger partial charge in [0.1, 0.15) is 11.5 Å².